The van der Waals surface area contributed by atoms with Gasteiger partial charge in [-0.25, -0.2) is 0 Å². The van der Waals surface area contributed by atoms with Crippen molar-refractivity contribution >= 4 is 12.6 Å². The predicted octanol–water partition coefficient (Wildman–Crippen LogP) is 2.52. The van der Waals surface area contributed by atoms with E-state index >= 15 is 0 Å². The summed E-state index contributed by atoms with van der Waals surface area (Å²) in [6.07, 6.45) is 0. The van der Waals surface area contributed by atoms with Crippen LogP contribution in [0.4, 0.5) is 0 Å². The molecule has 64 valence electrons. The molecule has 0 bridgehead atoms. The van der Waals surface area contributed by atoms with E-state index in [0.717, 1.165) is 4.90 Å². The average Bonchev–Trinajstić information content (AvgIpc) is 1.82. The van der Waals surface area contributed by atoms with Crippen LogP contribution in [-0.4, -0.2) is 0 Å². The maximum Gasteiger partial charge on any atom is 1.00 e. The van der Waals surface area contributed by atoms with Gasteiger partial charge in [-0.3, -0.25) is 0 Å². The molecule has 0 aliphatic rings. The Balaban J connectivity index is 0.000001000. The normalized spacial score (nSPS) is 9.00. The zero-order valence-electron chi connectivity index (χ0n) is 6.86. The third kappa shape index (κ3) is 2.48. The summed E-state index contributed by atoms with van der Waals surface area (Å²) in [7, 11) is 0. The summed E-state index contributed by atoms with van der Waals surface area (Å²) in [4.78, 5) is 1.01. The molecule has 0 atom stereocenters. The van der Waals surface area contributed by atoms with Crippen LogP contribution in [-0.2, 0) is 29.7 Å². The Morgan fingerprint density at radius 1 is 1.00 bits per heavy atom. The van der Waals surface area contributed by atoms with E-state index in [1.807, 2.05) is 0 Å². The molecule has 0 fully saturated rings. The van der Waals surface area contributed by atoms with Gasteiger partial charge in [-0.05, 0) is 20.8 Å². The first-order chi connectivity index (χ1) is 4.61. The molecule has 0 radical (unpaired) electrons. The minimum Gasteiger partial charge on any atom is -0.779 e. The molecule has 1 rings (SSSR count). The summed E-state index contributed by atoms with van der Waals surface area (Å²) in [6.45, 7) is 6.21. The molecule has 0 amide bonds. The molecule has 0 aliphatic carbocycles. The molecule has 11 heavy (non-hydrogen) atoms. The predicted molar refractivity (Wildman–Crippen MR) is 46.3 cm³/mol. The smallest absolute Gasteiger partial charge is 0.779 e. The van der Waals surface area contributed by atoms with E-state index in [1.165, 1.54) is 16.7 Å². The first-order valence-electron chi connectivity index (χ1n) is 3.36. The second-order valence-electron chi connectivity index (χ2n) is 2.73. The monoisotopic (exact) mass is 214 g/mol. The Bertz CT molecular complexity index is 233. The van der Waals surface area contributed by atoms with Crippen molar-refractivity contribution < 1.29 is 17.1 Å². The van der Waals surface area contributed by atoms with Gasteiger partial charge in [0, 0.05) is 0 Å². The summed E-state index contributed by atoms with van der Waals surface area (Å²) in [6, 6.07) is 4.24. The van der Waals surface area contributed by atoms with Crippen molar-refractivity contribution in [1.82, 2.24) is 0 Å². The van der Waals surface area contributed by atoms with Crippen molar-refractivity contribution in [2.75, 3.05) is 0 Å². The average molecular weight is 215 g/mol. The van der Waals surface area contributed by atoms with E-state index in [0.29, 0.717) is 0 Å². The van der Waals surface area contributed by atoms with Gasteiger partial charge in [0.05, 0.1) is 0 Å². The van der Waals surface area contributed by atoms with Gasteiger partial charge in [0.2, 0.25) is 0 Å². The molecule has 1 aromatic rings. The number of aryl methyl sites for hydroxylation is 3. The largest absolute Gasteiger partial charge is 1.00 e. The molecule has 0 heterocycles. The van der Waals surface area contributed by atoms with Crippen molar-refractivity contribution in [3.05, 3.63) is 28.8 Å². The maximum atomic E-state index is 5.15. The van der Waals surface area contributed by atoms with Crippen molar-refractivity contribution in [3.63, 3.8) is 0 Å². The fraction of sp³-hybridized carbons (Fsp3) is 0.333. The zero-order valence-corrected chi connectivity index (χ0v) is 8.62. The summed E-state index contributed by atoms with van der Waals surface area (Å²) in [5, 5.41) is 0. The van der Waals surface area contributed by atoms with Crippen molar-refractivity contribution in [2.24, 2.45) is 0 Å². The molecule has 0 saturated heterocycles. The number of benzene rings is 1. The third-order valence-corrected chi connectivity index (χ3v) is 2.25. The van der Waals surface area contributed by atoms with Crippen LogP contribution in [0.1, 0.15) is 16.7 Å². The number of hydrogen-bond donors (Lipinski definition) is 0. The van der Waals surface area contributed by atoms with Crippen molar-refractivity contribution in [1.29, 1.82) is 0 Å². The van der Waals surface area contributed by atoms with Gasteiger partial charge in [0.15, 0.2) is 0 Å². The second-order valence-corrected chi connectivity index (χ2v) is 3.14. The molecule has 1 aromatic carbocycles. The van der Waals surface area contributed by atoms with Gasteiger partial charge < -0.3 is 12.6 Å². The van der Waals surface area contributed by atoms with Crippen LogP contribution in [0.25, 0.3) is 0 Å². The van der Waals surface area contributed by atoms with E-state index in [4.69, 9.17) is 12.6 Å². The van der Waals surface area contributed by atoms with E-state index in [-0.39, 0.29) is 17.1 Å². The van der Waals surface area contributed by atoms with Crippen LogP contribution >= 0.6 is 0 Å². The van der Waals surface area contributed by atoms with Crippen LogP contribution in [0.15, 0.2) is 17.0 Å². The first kappa shape index (κ1) is 11.0. The van der Waals surface area contributed by atoms with Crippen LogP contribution < -0.4 is 0 Å². The third-order valence-electron chi connectivity index (χ3n) is 1.60. The van der Waals surface area contributed by atoms with Crippen molar-refractivity contribution in [2.45, 2.75) is 25.7 Å². The van der Waals surface area contributed by atoms with Gasteiger partial charge in [-0.2, -0.15) is 4.90 Å². The second kappa shape index (κ2) is 4.10. The Morgan fingerprint density at radius 3 is 1.73 bits per heavy atom. The molecule has 0 aliphatic heterocycles. The van der Waals surface area contributed by atoms with Crippen LogP contribution in [0, 0.1) is 20.8 Å². The summed E-state index contributed by atoms with van der Waals surface area (Å²) < 4.78 is 0. The Labute approximate surface area is 84.3 Å². The Morgan fingerprint density at radius 2 is 1.36 bits per heavy atom. The molecule has 0 N–H and O–H groups in total. The Hall–Kier alpha value is -0.0405. The van der Waals surface area contributed by atoms with E-state index in [9.17, 15) is 0 Å². The maximum absolute atomic E-state index is 5.15. The summed E-state index contributed by atoms with van der Waals surface area (Å²) in [5.41, 5.74) is 3.73. The summed E-state index contributed by atoms with van der Waals surface area (Å²) >= 11 is 5.15. The molecule has 0 spiro atoms. The standard InChI is InChI=1S/C9H12S.Cu/c1-6-4-7(2)9(10)8(3)5-6;/h4-5,10H,1-3H3;/q;+1/p-1. The molecule has 0 nitrogen and oxygen atoms in total. The van der Waals surface area contributed by atoms with Gasteiger partial charge >= 0.3 is 17.1 Å². The van der Waals surface area contributed by atoms with E-state index in [1.54, 1.807) is 0 Å². The first-order valence-corrected chi connectivity index (χ1v) is 3.77. The van der Waals surface area contributed by atoms with Crippen LogP contribution in [0.2, 0.25) is 0 Å². The van der Waals surface area contributed by atoms with E-state index in [2.05, 4.69) is 32.9 Å². The SMILES string of the molecule is Cc1cc(C)c([S-])c(C)c1.[Cu+]. The topological polar surface area (TPSA) is 0 Å². The fourth-order valence-corrected chi connectivity index (χ4v) is 1.28. The van der Waals surface area contributed by atoms with Crippen LogP contribution in [0.5, 0.6) is 0 Å². The molecular formula is C9H11CuS. The van der Waals surface area contributed by atoms with Gasteiger partial charge in [-0.1, -0.05) is 28.8 Å². The minimum absolute atomic E-state index is 0. The molecular weight excluding hydrogens is 204 g/mol. The summed E-state index contributed by atoms with van der Waals surface area (Å²) in [5.74, 6) is 0. The van der Waals surface area contributed by atoms with Crippen molar-refractivity contribution in [3.8, 4) is 0 Å². The number of hydrogen-bond acceptors (Lipinski definition) is 1. The molecule has 0 saturated carbocycles. The molecule has 0 unspecified atom stereocenters. The minimum atomic E-state index is 0. The number of rotatable bonds is 0. The van der Waals surface area contributed by atoms with Gasteiger partial charge in [0.1, 0.15) is 0 Å². The quantitative estimate of drug-likeness (QED) is 0.473. The molecule has 2 heteroatoms. The fourth-order valence-electron chi connectivity index (χ4n) is 1.17. The zero-order chi connectivity index (χ0) is 7.72. The van der Waals surface area contributed by atoms with Gasteiger partial charge in [0.25, 0.3) is 0 Å². The van der Waals surface area contributed by atoms with E-state index < -0.39 is 0 Å². The van der Waals surface area contributed by atoms with Crippen LogP contribution in [0.3, 0.4) is 0 Å². The Kier molecular flexibility index (Phi) is 4.09. The molecule has 0 aromatic heterocycles. The van der Waals surface area contributed by atoms with Gasteiger partial charge in [-0.15, -0.1) is 0 Å².